The highest BCUT2D eigenvalue weighted by Gasteiger charge is 2.13. The first-order valence-electron chi connectivity index (χ1n) is 12.0. The van der Waals surface area contributed by atoms with Gasteiger partial charge in [0.1, 0.15) is 12.4 Å². The Kier molecular flexibility index (Phi) is 8.29. The molecule has 0 spiro atoms. The summed E-state index contributed by atoms with van der Waals surface area (Å²) in [4.78, 5) is 17.1. The number of nitrogens with zero attached hydrogens (tertiary/aromatic N) is 2. The average molecular weight is 443 g/mol. The van der Waals surface area contributed by atoms with Crippen LogP contribution in [0.15, 0.2) is 78.9 Å². The number of aryl methyl sites for hydroxylation is 1. The van der Waals surface area contributed by atoms with E-state index in [0.29, 0.717) is 6.42 Å². The molecule has 0 N–H and O–H groups in total. The number of benzene rings is 3. The average Bonchev–Trinajstić information content (AvgIpc) is 2.87. The van der Waals surface area contributed by atoms with Gasteiger partial charge in [-0.15, -0.1) is 0 Å². The molecule has 1 heterocycles. The standard InChI is InChI=1S/C29H34N2O2/c1-30-18-20-31(21-19-30)22-23-33-28-16-14-26(15-17-28)25-12-10-24(11-13-25)6-5-9-29(32)27-7-3-2-4-8-27/h2-4,7-8,10-17H,5-6,9,18-23H2,1H3. The minimum absolute atomic E-state index is 0.220. The van der Waals surface area contributed by atoms with Gasteiger partial charge >= 0.3 is 0 Å². The molecule has 0 radical (unpaired) electrons. The van der Waals surface area contributed by atoms with E-state index in [-0.39, 0.29) is 5.78 Å². The van der Waals surface area contributed by atoms with E-state index < -0.39 is 0 Å². The topological polar surface area (TPSA) is 32.8 Å². The van der Waals surface area contributed by atoms with Gasteiger partial charge in [0.2, 0.25) is 0 Å². The lowest BCUT2D eigenvalue weighted by molar-refractivity contribution is 0.0980. The second-order valence-electron chi connectivity index (χ2n) is 8.86. The first-order chi connectivity index (χ1) is 16.2. The Morgan fingerprint density at radius 2 is 1.45 bits per heavy atom. The molecule has 1 saturated heterocycles. The fourth-order valence-electron chi connectivity index (χ4n) is 4.19. The molecule has 172 valence electrons. The highest BCUT2D eigenvalue weighted by Crippen LogP contribution is 2.23. The summed E-state index contributed by atoms with van der Waals surface area (Å²) in [5, 5.41) is 0. The molecule has 33 heavy (non-hydrogen) atoms. The maximum atomic E-state index is 12.2. The quantitative estimate of drug-likeness (QED) is 0.405. The molecule has 1 aliphatic heterocycles. The van der Waals surface area contributed by atoms with Gasteiger partial charge in [-0.1, -0.05) is 66.7 Å². The minimum atomic E-state index is 0.220. The van der Waals surface area contributed by atoms with E-state index in [0.717, 1.165) is 63.5 Å². The second kappa shape index (κ2) is 11.8. The number of hydrogen-bond donors (Lipinski definition) is 0. The number of hydrogen-bond acceptors (Lipinski definition) is 4. The molecule has 0 amide bonds. The number of carbonyl (C=O) groups excluding carboxylic acids is 1. The van der Waals surface area contributed by atoms with Gasteiger partial charge < -0.3 is 9.64 Å². The molecule has 3 aromatic rings. The van der Waals surface area contributed by atoms with Crippen LogP contribution in [0.1, 0.15) is 28.8 Å². The van der Waals surface area contributed by atoms with E-state index >= 15 is 0 Å². The van der Waals surface area contributed by atoms with Gasteiger partial charge in [-0.25, -0.2) is 0 Å². The number of ketones is 1. The summed E-state index contributed by atoms with van der Waals surface area (Å²) >= 11 is 0. The molecule has 0 unspecified atom stereocenters. The van der Waals surface area contributed by atoms with E-state index in [1.54, 1.807) is 0 Å². The molecule has 1 fully saturated rings. The lowest BCUT2D eigenvalue weighted by Gasteiger charge is -2.32. The first kappa shape index (κ1) is 23.2. The lowest BCUT2D eigenvalue weighted by Crippen LogP contribution is -2.45. The van der Waals surface area contributed by atoms with Crippen LogP contribution in [0.3, 0.4) is 0 Å². The Balaban J connectivity index is 1.21. The summed E-state index contributed by atoms with van der Waals surface area (Å²) in [5.41, 5.74) is 4.46. The molecule has 0 atom stereocenters. The predicted octanol–water partition coefficient (Wildman–Crippen LogP) is 5.19. The highest BCUT2D eigenvalue weighted by molar-refractivity contribution is 5.95. The van der Waals surface area contributed by atoms with E-state index in [2.05, 4.69) is 65.4 Å². The SMILES string of the molecule is CN1CCN(CCOc2ccc(-c3ccc(CCCC(=O)c4ccccc4)cc3)cc2)CC1. The normalized spacial score (nSPS) is 14.8. The predicted molar refractivity (Wildman–Crippen MR) is 135 cm³/mol. The molecule has 0 saturated carbocycles. The lowest BCUT2D eigenvalue weighted by atomic mass is 10.00. The molecule has 1 aliphatic rings. The maximum Gasteiger partial charge on any atom is 0.162 e. The number of piperazine rings is 1. The van der Waals surface area contributed by atoms with E-state index in [9.17, 15) is 4.79 Å². The third-order valence-corrected chi connectivity index (χ3v) is 6.38. The summed E-state index contributed by atoms with van der Waals surface area (Å²) in [6, 6.07) is 26.6. The molecule has 4 heteroatoms. The smallest absolute Gasteiger partial charge is 0.162 e. The van der Waals surface area contributed by atoms with Crippen LogP contribution >= 0.6 is 0 Å². The van der Waals surface area contributed by atoms with Crippen molar-refractivity contribution in [2.75, 3.05) is 46.4 Å². The van der Waals surface area contributed by atoms with Gasteiger partial charge in [0, 0.05) is 44.7 Å². The van der Waals surface area contributed by atoms with Crippen LogP contribution in [-0.2, 0) is 6.42 Å². The molecular formula is C29H34N2O2. The third kappa shape index (κ3) is 7.01. The van der Waals surface area contributed by atoms with E-state index in [4.69, 9.17) is 4.74 Å². The second-order valence-corrected chi connectivity index (χ2v) is 8.86. The molecule has 3 aromatic carbocycles. The van der Waals surface area contributed by atoms with E-state index in [1.807, 2.05) is 30.3 Å². The van der Waals surface area contributed by atoms with Gasteiger partial charge in [-0.3, -0.25) is 9.69 Å². The van der Waals surface area contributed by atoms with Gasteiger partial charge in [0.05, 0.1) is 0 Å². The van der Waals surface area contributed by atoms with Crippen molar-refractivity contribution in [1.29, 1.82) is 0 Å². The number of carbonyl (C=O) groups is 1. The molecule has 4 nitrogen and oxygen atoms in total. The molecule has 0 bridgehead atoms. The fourth-order valence-corrected chi connectivity index (χ4v) is 4.19. The number of rotatable bonds is 10. The van der Waals surface area contributed by atoms with Crippen molar-refractivity contribution >= 4 is 5.78 Å². The van der Waals surface area contributed by atoms with Crippen LogP contribution in [0.4, 0.5) is 0 Å². The van der Waals surface area contributed by atoms with Crippen LogP contribution in [0.2, 0.25) is 0 Å². The molecule has 0 aliphatic carbocycles. The largest absolute Gasteiger partial charge is 0.492 e. The van der Waals surface area contributed by atoms with Gasteiger partial charge in [-0.2, -0.15) is 0 Å². The summed E-state index contributed by atoms with van der Waals surface area (Å²) in [5.74, 6) is 1.14. The van der Waals surface area contributed by atoms with Gasteiger partial charge in [0.25, 0.3) is 0 Å². The van der Waals surface area contributed by atoms with Crippen LogP contribution in [0, 0.1) is 0 Å². The summed E-state index contributed by atoms with van der Waals surface area (Å²) in [7, 11) is 2.18. The Morgan fingerprint density at radius 3 is 2.12 bits per heavy atom. The molecule has 0 aromatic heterocycles. The highest BCUT2D eigenvalue weighted by atomic mass is 16.5. The van der Waals surface area contributed by atoms with Crippen molar-refractivity contribution in [3.05, 3.63) is 90.0 Å². The summed E-state index contributed by atoms with van der Waals surface area (Å²) in [6.07, 6.45) is 2.37. The van der Waals surface area contributed by atoms with Crippen molar-refractivity contribution in [1.82, 2.24) is 9.80 Å². The number of Topliss-reactive ketones (excluding diaryl/α,β-unsaturated/α-hetero) is 1. The Hall–Kier alpha value is -2.95. The summed E-state index contributed by atoms with van der Waals surface area (Å²) in [6.45, 7) is 6.23. The van der Waals surface area contributed by atoms with E-state index in [1.165, 1.54) is 16.7 Å². The Bertz CT molecular complexity index is 992. The fraction of sp³-hybridized carbons (Fsp3) is 0.345. The van der Waals surface area contributed by atoms with Crippen LogP contribution in [0.5, 0.6) is 5.75 Å². The third-order valence-electron chi connectivity index (χ3n) is 6.38. The molecular weight excluding hydrogens is 408 g/mol. The van der Waals surface area contributed by atoms with Crippen LogP contribution < -0.4 is 4.74 Å². The van der Waals surface area contributed by atoms with Gasteiger partial charge in [0.15, 0.2) is 5.78 Å². The zero-order valence-electron chi connectivity index (χ0n) is 19.6. The number of ether oxygens (including phenoxy) is 1. The monoisotopic (exact) mass is 442 g/mol. The number of likely N-dealkylation sites (N-methyl/N-ethyl adjacent to an activating group) is 1. The maximum absolute atomic E-state index is 12.2. The van der Waals surface area contributed by atoms with Crippen molar-refractivity contribution in [2.45, 2.75) is 19.3 Å². The zero-order chi connectivity index (χ0) is 22.9. The Morgan fingerprint density at radius 1 is 0.818 bits per heavy atom. The van der Waals surface area contributed by atoms with Crippen molar-refractivity contribution in [3.8, 4) is 16.9 Å². The van der Waals surface area contributed by atoms with Gasteiger partial charge in [-0.05, 0) is 48.7 Å². The minimum Gasteiger partial charge on any atom is -0.492 e. The van der Waals surface area contributed by atoms with Crippen molar-refractivity contribution in [3.63, 3.8) is 0 Å². The van der Waals surface area contributed by atoms with Crippen molar-refractivity contribution in [2.24, 2.45) is 0 Å². The first-order valence-corrected chi connectivity index (χ1v) is 12.0. The Labute approximate surface area is 197 Å². The zero-order valence-corrected chi connectivity index (χ0v) is 19.6. The van der Waals surface area contributed by atoms with Crippen LogP contribution in [0.25, 0.3) is 11.1 Å². The summed E-state index contributed by atoms with van der Waals surface area (Å²) < 4.78 is 5.96. The van der Waals surface area contributed by atoms with Crippen molar-refractivity contribution < 1.29 is 9.53 Å². The van der Waals surface area contributed by atoms with Crippen LogP contribution in [-0.4, -0.2) is 62.0 Å². The molecule has 4 rings (SSSR count).